The molecular formula is C31H27F3N6O3. The number of nitrogens with one attached hydrogen (secondary N) is 1. The van der Waals surface area contributed by atoms with Crippen molar-refractivity contribution in [2.24, 2.45) is 0 Å². The zero-order valence-electron chi connectivity index (χ0n) is 23.6. The average Bonchev–Trinajstić information content (AvgIpc) is 3.10. The number of hydrogen-bond donors (Lipinski definition) is 1. The van der Waals surface area contributed by atoms with Gasteiger partial charge in [-0.3, -0.25) is 19.1 Å². The van der Waals surface area contributed by atoms with E-state index in [0.717, 1.165) is 16.7 Å². The number of aromatic nitrogens is 3. The molecule has 2 aliphatic rings. The minimum absolute atomic E-state index is 0.0458. The van der Waals surface area contributed by atoms with Gasteiger partial charge in [-0.15, -0.1) is 0 Å². The molecular weight excluding hydrogens is 561 g/mol. The molecule has 1 unspecified atom stereocenters. The highest BCUT2D eigenvalue weighted by molar-refractivity contribution is 6.13. The van der Waals surface area contributed by atoms with Crippen LogP contribution in [0.4, 0.5) is 24.7 Å². The maximum absolute atomic E-state index is 17.0. The molecule has 2 amide bonds. The first-order valence-electron chi connectivity index (χ1n) is 13.7. The quantitative estimate of drug-likeness (QED) is 0.354. The van der Waals surface area contributed by atoms with E-state index in [1.807, 2.05) is 13.8 Å². The third-order valence-electron chi connectivity index (χ3n) is 7.95. The summed E-state index contributed by atoms with van der Waals surface area (Å²) in [5.74, 6) is -4.76. The summed E-state index contributed by atoms with van der Waals surface area (Å²) in [5.41, 5.74) is -1.57. The van der Waals surface area contributed by atoms with Crippen LogP contribution in [0.2, 0.25) is 0 Å². The van der Waals surface area contributed by atoms with Gasteiger partial charge in [0.15, 0.2) is 11.6 Å². The van der Waals surface area contributed by atoms with Crippen molar-refractivity contribution in [1.82, 2.24) is 19.4 Å². The largest absolute Gasteiger partial charge is 0.354 e. The van der Waals surface area contributed by atoms with Crippen LogP contribution in [-0.4, -0.2) is 56.9 Å². The van der Waals surface area contributed by atoms with Crippen molar-refractivity contribution >= 4 is 34.2 Å². The second-order valence-corrected chi connectivity index (χ2v) is 10.8. The Labute approximate surface area is 244 Å². The number of hydrogen-bond acceptors (Lipinski definition) is 6. The third-order valence-corrected chi connectivity index (χ3v) is 7.95. The molecule has 2 aromatic heterocycles. The van der Waals surface area contributed by atoms with Crippen LogP contribution in [0.3, 0.4) is 0 Å². The molecule has 6 rings (SSSR count). The number of benzene rings is 2. The van der Waals surface area contributed by atoms with Gasteiger partial charge in [0.1, 0.15) is 23.2 Å². The summed E-state index contributed by atoms with van der Waals surface area (Å²) in [5, 5.41) is 2.40. The molecule has 2 aromatic carbocycles. The van der Waals surface area contributed by atoms with Gasteiger partial charge in [-0.05, 0) is 36.6 Å². The second-order valence-electron chi connectivity index (χ2n) is 10.8. The molecule has 0 bridgehead atoms. The maximum atomic E-state index is 17.0. The first kappa shape index (κ1) is 28.1. The molecule has 0 saturated carbocycles. The Bertz CT molecular complexity index is 1920. The van der Waals surface area contributed by atoms with Crippen LogP contribution in [0.5, 0.6) is 0 Å². The van der Waals surface area contributed by atoms with Crippen molar-refractivity contribution in [3.05, 3.63) is 88.4 Å². The number of nitrogens with zero attached hydrogens (tertiary/aromatic N) is 5. The van der Waals surface area contributed by atoms with Gasteiger partial charge in [0, 0.05) is 24.8 Å². The van der Waals surface area contributed by atoms with E-state index in [1.54, 1.807) is 19.2 Å². The molecule has 1 saturated heterocycles. The Balaban J connectivity index is 1.77. The third kappa shape index (κ3) is 4.27. The predicted molar refractivity (Wildman–Crippen MR) is 156 cm³/mol. The zero-order chi connectivity index (χ0) is 30.7. The maximum Gasteiger partial charge on any atom is 0.354 e. The van der Waals surface area contributed by atoms with E-state index in [0.29, 0.717) is 11.3 Å². The first-order chi connectivity index (χ1) is 20.5. The van der Waals surface area contributed by atoms with Gasteiger partial charge < -0.3 is 15.1 Å². The van der Waals surface area contributed by atoms with E-state index in [9.17, 15) is 14.4 Å². The summed E-state index contributed by atoms with van der Waals surface area (Å²) in [6, 6.07) is 5.66. The molecule has 0 radical (unpaired) electrons. The van der Waals surface area contributed by atoms with Crippen molar-refractivity contribution in [2.75, 3.05) is 29.9 Å². The number of fused-ring (bicyclic) bond motifs is 2. The lowest BCUT2D eigenvalue weighted by molar-refractivity contribution is -0.128. The minimum atomic E-state index is -1.22. The van der Waals surface area contributed by atoms with E-state index in [1.165, 1.54) is 28.0 Å². The molecule has 9 nitrogen and oxygen atoms in total. The molecule has 0 aliphatic carbocycles. The fourth-order valence-corrected chi connectivity index (χ4v) is 5.91. The molecule has 0 spiro atoms. The summed E-state index contributed by atoms with van der Waals surface area (Å²) in [4.78, 5) is 51.6. The van der Waals surface area contributed by atoms with Crippen LogP contribution in [0, 0.1) is 24.4 Å². The van der Waals surface area contributed by atoms with Gasteiger partial charge >= 0.3 is 5.69 Å². The highest BCUT2D eigenvalue weighted by Crippen LogP contribution is 2.44. The summed E-state index contributed by atoms with van der Waals surface area (Å²) in [7, 11) is 0. The minimum Gasteiger partial charge on any atom is -0.340 e. The van der Waals surface area contributed by atoms with Crippen molar-refractivity contribution in [3.8, 4) is 16.8 Å². The fraction of sp³-hybridized carbons (Fsp3) is 0.258. The Morgan fingerprint density at radius 2 is 1.86 bits per heavy atom. The molecule has 43 heavy (non-hydrogen) atoms. The normalized spacial score (nSPS) is 16.3. The number of piperazine rings is 1. The number of halogens is 3. The number of carbonyl (C=O) groups excluding carboxylic acids is 2. The van der Waals surface area contributed by atoms with Crippen molar-refractivity contribution in [3.63, 3.8) is 0 Å². The predicted octanol–water partition coefficient (Wildman–Crippen LogP) is 4.45. The molecule has 2 aliphatic heterocycles. The smallest absolute Gasteiger partial charge is 0.340 e. The fourth-order valence-electron chi connectivity index (χ4n) is 5.91. The van der Waals surface area contributed by atoms with Gasteiger partial charge in [0.25, 0.3) is 0 Å². The van der Waals surface area contributed by atoms with Crippen LogP contribution in [-0.2, 0) is 9.59 Å². The van der Waals surface area contributed by atoms with E-state index in [4.69, 9.17) is 0 Å². The van der Waals surface area contributed by atoms with Crippen molar-refractivity contribution in [1.29, 1.82) is 0 Å². The summed E-state index contributed by atoms with van der Waals surface area (Å²) in [6.45, 7) is 9.01. The van der Waals surface area contributed by atoms with Crippen LogP contribution in [0.15, 0.2) is 54.0 Å². The van der Waals surface area contributed by atoms with Crippen LogP contribution in [0.25, 0.3) is 27.7 Å². The molecule has 1 atom stereocenters. The summed E-state index contributed by atoms with van der Waals surface area (Å²) in [6.07, 6.45) is 2.69. The van der Waals surface area contributed by atoms with Crippen LogP contribution in [0.1, 0.15) is 31.0 Å². The molecule has 4 heterocycles. The molecule has 4 aromatic rings. The average molecular weight is 589 g/mol. The van der Waals surface area contributed by atoms with Gasteiger partial charge in [-0.25, -0.2) is 18.0 Å². The van der Waals surface area contributed by atoms with E-state index >= 15 is 13.2 Å². The number of carbonyl (C=O) groups is 2. The lowest BCUT2D eigenvalue weighted by Gasteiger charge is -2.40. The Morgan fingerprint density at radius 3 is 2.56 bits per heavy atom. The number of amides is 2. The Hall–Kier alpha value is -5.00. The number of aryl methyl sites for hydroxylation is 1. The number of anilines is 2. The van der Waals surface area contributed by atoms with E-state index in [2.05, 4.69) is 21.9 Å². The van der Waals surface area contributed by atoms with E-state index in [-0.39, 0.29) is 53.5 Å². The molecule has 1 fully saturated rings. The van der Waals surface area contributed by atoms with Crippen molar-refractivity contribution in [2.45, 2.75) is 32.7 Å². The number of rotatable bonds is 4. The molecule has 1 N–H and O–H groups in total. The Kier molecular flexibility index (Phi) is 6.79. The molecule has 12 heteroatoms. The van der Waals surface area contributed by atoms with Crippen LogP contribution >= 0.6 is 0 Å². The van der Waals surface area contributed by atoms with E-state index < -0.39 is 52.2 Å². The Morgan fingerprint density at radius 1 is 1.12 bits per heavy atom. The first-order valence-corrected chi connectivity index (χ1v) is 13.7. The lowest BCUT2D eigenvalue weighted by atomic mass is 9.98. The topological polar surface area (TPSA) is 100 Å². The zero-order valence-corrected chi connectivity index (χ0v) is 23.6. The standard InChI is InChI=1S/C31H27F3N6O3/c1-5-20(41)38-12-13-39-19(14-38)30(42)36-26-22-28(24(34)21(23(26)33)17-8-6-7-9-18(17)32)40(31(43)37-29(22)39)27-16(4)10-11-35-25(27)15(2)3/h5-11,15,19H,1,12-14H2,2-4H3,(H,36,42). The summed E-state index contributed by atoms with van der Waals surface area (Å²) >= 11 is 0. The number of pyridine rings is 1. The van der Waals surface area contributed by atoms with Gasteiger partial charge in [-0.1, -0.05) is 38.6 Å². The van der Waals surface area contributed by atoms with Crippen molar-refractivity contribution < 1.29 is 22.8 Å². The second kappa shape index (κ2) is 10.4. The lowest BCUT2D eigenvalue weighted by Crippen LogP contribution is -2.58. The summed E-state index contributed by atoms with van der Waals surface area (Å²) < 4.78 is 49.6. The van der Waals surface area contributed by atoms with Gasteiger partial charge in [0.05, 0.1) is 34.6 Å². The highest BCUT2D eigenvalue weighted by Gasteiger charge is 2.41. The highest BCUT2D eigenvalue weighted by atomic mass is 19.1. The van der Waals surface area contributed by atoms with Crippen LogP contribution < -0.4 is 15.9 Å². The monoisotopic (exact) mass is 588 g/mol. The molecule has 220 valence electrons. The van der Waals surface area contributed by atoms with Gasteiger partial charge in [-0.2, -0.15) is 4.98 Å². The SMILES string of the molecule is C=CC(=O)N1CCN2c3nc(=O)n(-c4c(C)ccnc4C(C)C)c4c(F)c(-c5ccccc5F)c(F)c(c34)NC(=O)C2C1. The van der Waals surface area contributed by atoms with Gasteiger partial charge in [0.2, 0.25) is 11.8 Å².